The van der Waals surface area contributed by atoms with Gasteiger partial charge in [0.1, 0.15) is 11.5 Å². The van der Waals surface area contributed by atoms with Gasteiger partial charge in [-0.15, -0.1) is 0 Å². The van der Waals surface area contributed by atoms with Gasteiger partial charge in [-0.3, -0.25) is 4.79 Å². The molecule has 0 bridgehead atoms. The summed E-state index contributed by atoms with van der Waals surface area (Å²) in [6.07, 6.45) is 1.47. The lowest BCUT2D eigenvalue weighted by atomic mass is 10.2. The first-order chi connectivity index (χ1) is 9.06. The zero-order chi connectivity index (χ0) is 13.8. The third-order valence-corrected chi connectivity index (χ3v) is 2.95. The van der Waals surface area contributed by atoms with Crippen LogP contribution in [0.2, 0.25) is 0 Å². The summed E-state index contributed by atoms with van der Waals surface area (Å²) < 4.78 is 5.72. The monoisotopic (exact) mass is 322 g/mol. The lowest BCUT2D eigenvalue weighted by Crippen LogP contribution is -2.16. The molecular weight excluding hydrogens is 312 g/mol. The minimum atomic E-state index is -0.415. The van der Waals surface area contributed by atoms with E-state index < -0.39 is 5.91 Å². The molecule has 19 heavy (non-hydrogen) atoms. The number of carbonyl (C=O) groups is 1. The number of halogens is 1. The first-order valence-corrected chi connectivity index (χ1v) is 6.24. The van der Waals surface area contributed by atoms with Crippen LogP contribution >= 0.6 is 15.9 Å². The molecule has 98 valence electrons. The van der Waals surface area contributed by atoms with Crippen LogP contribution in [-0.4, -0.2) is 17.2 Å². The molecule has 0 aliphatic heterocycles. The van der Waals surface area contributed by atoms with Crippen molar-refractivity contribution < 1.29 is 14.3 Å². The number of rotatable bonds is 3. The molecule has 1 heterocycles. The van der Waals surface area contributed by atoms with Crippen LogP contribution in [0.4, 0.5) is 0 Å². The van der Waals surface area contributed by atoms with E-state index in [0.717, 1.165) is 5.56 Å². The molecule has 0 atom stereocenters. The zero-order valence-corrected chi connectivity index (χ0v) is 11.6. The standard InChI is InChI=1S/C13H11BrN2O3/c1-8-2-5-12(19-8)13(18)16-15-7-9-3-4-11(17)10(14)6-9/h2-7,17H,1H3,(H,16,18)/b15-7+. The van der Waals surface area contributed by atoms with E-state index in [-0.39, 0.29) is 11.5 Å². The molecule has 2 aromatic rings. The fourth-order valence-electron chi connectivity index (χ4n) is 1.38. The van der Waals surface area contributed by atoms with Crippen molar-refractivity contribution in [3.8, 4) is 5.75 Å². The number of nitrogens with zero attached hydrogens (tertiary/aromatic N) is 1. The van der Waals surface area contributed by atoms with E-state index in [9.17, 15) is 9.90 Å². The van der Waals surface area contributed by atoms with Crippen molar-refractivity contribution in [3.63, 3.8) is 0 Å². The quantitative estimate of drug-likeness (QED) is 0.674. The number of carbonyl (C=O) groups excluding carboxylic acids is 1. The third kappa shape index (κ3) is 3.45. The van der Waals surface area contributed by atoms with E-state index in [1.165, 1.54) is 12.3 Å². The van der Waals surface area contributed by atoms with Crippen molar-refractivity contribution in [1.82, 2.24) is 5.43 Å². The minimum absolute atomic E-state index is 0.146. The van der Waals surface area contributed by atoms with E-state index in [2.05, 4.69) is 26.5 Å². The Hall–Kier alpha value is -2.08. The Labute approximate surface area is 118 Å². The van der Waals surface area contributed by atoms with Gasteiger partial charge in [0.25, 0.3) is 0 Å². The van der Waals surface area contributed by atoms with E-state index >= 15 is 0 Å². The maximum atomic E-state index is 11.6. The second kappa shape index (κ2) is 5.71. The molecule has 1 aromatic heterocycles. The third-order valence-electron chi connectivity index (χ3n) is 2.32. The van der Waals surface area contributed by atoms with Crippen molar-refractivity contribution in [3.05, 3.63) is 51.9 Å². The van der Waals surface area contributed by atoms with Crippen LogP contribution in [0.15, 0.2) is 44.3 Å². The van der Waals surface area contributed by atoms with E-state index in [4.69, 9.17) is 4.42 Å². The Morgan fingerprint density at radius 1 is 1.42 bits per heavy atom. The molecule has 0 aliphatic carbocycles. The highest BCUT2D eigenvalue weighted by molar-refractivity contribution is 9.10. The normalized spacial score (nSPS) is 10.8. The summed E-state index contributed by atoms with van der Waals surface area (Å²) in [4.78, 5) is 11.6. The molecule has 6 heteroatoms. The van der Waals surface area contributed by atoms with Crippen LogP contribution in [-0.2, 0) is 0 Å². The number of aryl methyl sites for hydroxylation is 1. The minimum Gasteiger partial charge on any atom is -0.507 e. The number of hydrogen-bond donors (Lipinski definition) is 2. The van der Waals surface area contributed by atoms with Crippen LogP contribution in [0.1, 0.15) is 21.9 Å². The van der Waals surface area contributed by atoms with Gasteiger partial charge in [-0.2, -0.15) is 5.10 Å². The van der Waals surface area contributed by atoms with Gasteiger partial charge in [0.05, 0.1) is 10.7 Å². The number of nitrogens with one attached hydrogen (secondary N) is 1. The first-order valence-electron chi connectivity index (χ1n) is 5.44. The largest absolute Gasteiger partial charge is 0.507 e. The van der Waals surface area contributed by atoms with Crippen LogP contribution in [0, 0.1) is 6.92 Å². The number of phenolic OH excluding ortho intramolecular Hbond substituents is 1. The molecule has 0 aliphatic rings. The Morgan fingerprint density at radius 2 is 2.21 bits per heavy atom. The summed E-state index contributed by atoms with van der Waals surface area (Å²) in [5.74, 6) is 0.604. The molecule has 0 fully saturated rings. The molecule has 0 unspecified atom stereocenters. The SMILES string of the molecule is Cc1ccc(C(=O)N/N=C/c2ccc(O)c(Br)c2)o1. The van der Waals surface area contributed by atoms with Crippen LogP contribution < -0.4 is 5.43 Å². The Morgan fingerprint density at radius 3 is 2.84 bits per heavy atom. The average molecular weight is 323 g/mol. The zero-order valence-electron chi connectivity index (χ0n) is 10.1. The summed E-state index contributed by atoms with van der Waals surface area (Å²) >= 11 is 3.19. The Bertz CT molecular complexity index is 635. The van der Waals surface area contributed by atoms with Gasteiger partial charge in [-0.05, 0) is 58.7 Å². The fraction of sp³-hybridized carbons (Fsp3) is 0.0769. The van der Waals surface area contributed by atoms with Gasteiger partial charge >= 0.3 is 5.91 Å². The number of phenols is 1. The molecule has 5 nitrogen and oxygen atoms in total. The summed E-state index contributed by atoms with van der Waals surface area (Å²) in [5, 5.41) is 13.1. The van der Waals surface area contributed by atoms with Crippen LogP contribution in [0.5, 0.6) is 5.75 Å². The topological polar surface area (TPSA) is 74.8 Å². The van der Waals surface area contributed by atoms with Crippen molar-refractivity contribution in [2.45, 2.75) is 6.92 Å². The van der Waals surface area contributed by atoms with Gasteiger partial charge in [0.2, 0.25) is 0 Å². The number of hydrogen-bond acceptors (Lipinski definition) is 4. The summed E-state index contributed by atoms with van der Waals surface area (Å²) in [5.41, 5.74) is 3.09. The van der Waals surface area contributed by atoms with Crippen LogP contribution in [0.25, 0.3) is 0 Å². The van der Waals surface area contributed by atoms with E-state index in [1.807, 2.05) is 0 Å². The molecule has 0 spiro atoms. The maximum Gasteiger partial charge on any atom is 0.307 e. The molecule has 1 aromatic carbocycles. The van der Waals surface area contributed by atoms with Crippen molar-refractivity contribution in [2.24, 2.45) is 5.10 Å². The number of furan rings is 1. The summed E-state index contributed by atoms with van der Waals surface area (Å²) in [6.45, 7) is 1.76. The predicted molar refractivity (Wildman–Crippen MR) is 74.3 cm³/mol. The van der Waals surface area contributed by atoms with Gasteiger partial charge < -0.3 is 9.52 Å². The highest BCUT2D eigenvalue weighted by Crippen LogP contribution is 2.23. The van der Waals surface area contributed by atoms with Gasteiger partial charge in [-0.25, -0.2) is 5.43 Å². The highest BCUT2D eigenvalue weighted by atomic mass is 79.9. The Kier molecular flexibility index (Phi) is 4.01. The highest BCUT2D eigenvalue weighted by Gasteiger charge is 2.07. The number of benzene rings is 1. The van der Waals surface area contributed by atoms with Crippen molar-refractivity contribution in [2.75, 3.05) is 0 Å². The second-order valence-corrected chi connectivity index (χ2v) is 4.67. The lowest BCUT2D eigenvalue weighted by Gasteiger charge is -1.98. The van der Waals surface area contributed by atoms with Gasteiger partial charge in [0, 0.05) is 0 Å². The van der Waals surface area contributed by atoms with Crippen molar-refractivity contribution in [1.29, 1.82) is 0 Å². The fourth-order valence-corrected chi connectivity index (χ4v) is 1.78. The predicted octanol–water partition coefficient (Wildman–Crippen LogP) is 2.82. The average Bonchev–Trinajstić information content (AvgIpc) is 2.80. The second-order valence-electron chi connectivity index (χ2n) is 3.82. The molecule has 1 amide bonds. The van der Waals surface area contributed by atoms with Crippen LogP contribution in [0.3, 0.4) is 0 Å². The molecule has 2 rings (SSSR count). The molecular formula is C13H11BrN2O3. The smallest absolute Gasteiger partial charge is 0.307 e. The number of aromatic hydroxyl groups is 1. The first kappa shape index (κ1) is 13.4. The molecule has 0 saturated heterocycles. The van der Waals surface area contributed by atoms with Gasteiger partial charge in [-0.1, -0.05) is 0 Å². The van der Waals surface area contributed by atoms with E-state index in [0.29, 0.717) is 10.2 Å². The summed E-state index contributed by atoms with van der Waals surface area (Å²) in [6, 6.07) is 8.17. The maximum absolute atomic E-state index is 11.6. The number of hydrazone groups is 1. The molecule has 0 saturated carbocycles. The summed E-state index contributed by atoms with van der Waals surface area (Å²) in [7, 11) is 0. The number of amides is 1. The van der Waals surface area contributed by atoms with Crippen molar-refractivity contribution >= 4 is 28.1 Å². The molecule has 0 radical (unpaired) electrons. The van der Waals surface area contributed by atoms with Gasteiger partial charge in [0.15, 0.2) is 5.76 Å². The lowest BCUT2D eigenvalue weighted by molar-refractivity contribution is 0.0926. The molecule has 2 N–H and O–H groups in total. The Balaban J connectivity index is 2.00. The van der Waals surface area contributed by atoms with E-state index in [1.54, 1.807) is 31.2 Å².